The minimum absolute atomic E-state index is 0.111. The second-order valence-corrected chi connectivity index (χ2v) is 5.98. The van der Waals surface area contributed by atoms with Gasteiger partial charge in [0, 0.05) is 24.8 Å². The Kier molecular flexibility index (Phi) is 4.83. The summed E-state index contributed by atoms with van der Waals surface area (Å²) in [5.74, 6) is 0.647. The third kappa shape index (κ3) is 4.67. The van der Waals surface area contributed by atoms with E-state index in [-0.39, 0.29) is 25.8 Å². The quantitative estimate of drug-likeness (QED) is 0.568. The molecule has 0 radical (unpaired) electrons. The lowest BCUT2D eigenvalue weighted by Crippen LogP contribution is -2.38. The Hall–Kier alpha value is -2.64. The lowest BCUT2D eigenvalue weighted by Gasteiger charge is -2.19. The van der Waals surface area contributed by atoms with Gasteiger partial charge in [-0.25, -0.2) is 4.79 Å². The van der Waals surface area contributed by atoms with Crippen molar-refractivity contribution in [2.75, 3.05) is 25.6 Å². The fourth-order valence-corrected chi connectivity index (χ4v) is 1.90. The summed E-state index contributed by atoms with van der Waals surface area (Å²) in [6.07, 6.45) is -0.533. The van der Waals surface area contributed by atoms with Crippen LogP contribution in [-0.4, -0.2) is 37.5 Å². The molecule has 1 aliphatic rings. The summed E-state index contributed by atoms with van der Waals surface area (Å²) in [5, 5.41) is 5.21. The predicted octanol–water partition coefficient (Wildman–Crippen LogP) is 1.25. The van der Waals surface area contributed by atoms with E-state index in [1.807, 2.05) is 0 Å². The number of carbonyl (C=O) groups is 2. The number of nitrogens with two attached hydrogens (primary N) is 1. The van der Waals surface area contributed by atoms with Gasteiger partial charge in [0.25, 0.3) is 5.91 Å². The average molecular weight is 323 g/mol. The highest BCUT2D eigenvalue weighted by Crippen LogP contribution is 2.35. The zero-order valence-electron chi connectivity index (χ0n) is 13.4. The van der Waals surface area contributed by atoms with E-state index in [0.717, 1.165) is 0 Å². The molecule has 1 aliphatic heterocycles. The normalized spacial score (nSPS) is 12.7. The monoisotopic (exact) mass is 323 g/mol. The Balaban J connectivity index is 1.81. The molecule has 1 aromatic carbocycles. The van der Waals surface area contributed by atoms with Crippen LogP contribution >= 0.6 is 0 Å². The minimum Gasteiger partial charge on any atom is -0.454 e. The van der Waals surface area contributed by atoms with Gasteiger partial charge in [-0.3, -0.25) is 4.79 Å². The number of nitrogen functional groups attached to an aromatic ring is 1. The molecule has 0 fully saturated rings. The highest BCUT2D eigenvalue weighted by molar-refractivity contribution is 6.00. The van der Waals surface area contributed by atoms with Crippen LogP contribution in [-0.2, 0) is 4.74 Å². The second kappa shape index (κ2) is 6.64. The SMILES string of the molecule is CC(C)(C)OC(=O)NCCNC(=O)c1cc2c(cc1N)OCO2. The first-order chi connectivity index (χ1) is 10.8. The van der Waals surface area contributed by atoms with Gasteiger partial charge in [-0.05, 0) is 26.8 Å². The number of carbonyl (C=O) groups excluding carboxylic acids is 2. The van der Waals surface area contributed by atoms with E-state index in [1.54, 1.807) is 26.8 Å². The number of fused-ring (bicyclic) bond motifs is 1. The summed E-state index contributed by atoms with van der Waals surface area (Å²) < 4.78 is 15.5. The maximum atomic E-state index is 12.1. The summed E-state index contributed by atoms with van der Waals surface area (Å²) in [6, 6.07) is 3.09. The van der Waals surface area contributed by atoms with Crippen LogP contribution in [0.2, 0.25) is 0 Å². The molecule has 8 nitrogen and oxygen atoms in total. The molecule has 1 heterocycles. The van der Waals surface area contributed by atoms with Crippen molar-refractivity contribution in [2.45, 2.75) is 26.4 Å². The molecular formula is C15H21N3O5. The van der Waals surface area contributed by atoms with Crippen molar-refractivity contribution >= 4 is 17.7 Å². The third-order valence-electron chi connectivity index (χ3n) is 2.87. The van der Waals surface area contributed by atoms with E-state index in [9.17, 15) is 9.59 Å². The first-order valence-corrected chi connectivity index (χ1v) is 7.20. The van der Waals surface area contributed by atoms with Crippen LogP contribution in [0.1, 0.15) is 31.1 Å². The van der Waals surface area contributed by atoms with Gasteiger partial charge in [-0.15, -0.1) is 0 Å². The van der Waals surface area contributed by atoms with Crippen LogP contribution in [0.5, 0.6) is 11.5 Å². The van der Waals surface area contributed by atoms with Gasteiger partial charge in [0.15, 0.2) is 11.5 Å². The highest BCUT2D eigenvalue weighted by atomic mass is 16.7. The van der Waals surface area contributed by atoms with Crippen molar-refractivity contribution < 1.29 is 23.8 Å². The van der Waals surface area contributed by atoms with Gasteiger partial charge in [0.1, 0.15) is 5.60 Å². The Morgan fingerprint density at radius 2 is 1.78 bits per heavy atom. The molecule has 0 aliphatic carbocycles. The highest BCUT2D eigenvalue weighted by Gasteiger charge is 2.20. The Labute approximate surface area is 134 Å². The molecule has 0 bridgehead atoms. The van der Waals surface area contributed by atoms with E-state index >= 15 is 0 Å². The first kappa shape index (κ1) is 16.7. The van der Waals surface area contributed by atoms with Crippen molar-refractivity contribution in [1.82, 2.24) is 10.6 Å². The standard InChI is InChI=1S/C15H21N3O5/c1-15(2,3)23-14(20)18-5-4-17-13(19)9-6-11-12(7-10(9)16)22-8-21-11/h6-7H,4-5,8,16H2,1-3H3,(H,17,19)(H,18,20). The molecule has 2 amide bonds. The molecule has 0 spiro atoms. The number of hydrogen-bond donors (Lipinski definition) is 3. The number of benzene rings is 1. The maximum Gasteiger partial charge on any atom is 0.407 e. The van der Waals surface area contributed by atoms with Crippen molar-refractivity contribution in [2.24, 2.45) is 0 Å². The topological polar surface area (TPSA) is 112 Å². The summed E-state index contributed by atoms with van der Waals surface area (Å²) in [4.78, 5) is 23.6. The first-order valence-electron chi connectivity index (χ1n) is 7.20. The van der Waals surface area contributed by atoms with Gasteiger partial charge in [-0.1, -0.05) is 0 Å². The Bertz CT molecular complexity index is 610. The number of alkyl carbamates (subject to hydrolysis) is 1. The van der Waals surface area contributed by atoms with Gasteiger partial charge in [0.05, 0.1) is 5.56 Å². The van der Waals surface area contributed by atoms with Crippen LogP contribution in [0, 0.1) is 0 Å². The maximum absolute atomic E-state index is 12.1. The van der Waals surface area contributed by atoms with E-state index < -0.39 is 11.7 Å². The molecule has 23 heavy (non-hydrogen) atoms. The van der Waals surface area contributed by atoms with Gasteiger partial charge < -0.3 is 30.6 Å². The summed E-state index contributed by atoms with van der Waals surface area (Å²) in [5.41, 5.74) is 5.86. The molecular weight excluding hydrogens is 302 g/mol. The number of ether oxygens (including phenoxy) is 3. The largest absolute Gasteiger partial charge is 0.454 e. The van der Waals surface area contributed by atoms with Crippen molar-refractivity contribution in [3.63, 3.8) is 0 Å². The summed E-state index contributed by atoms with van der Waals surface area (Å²) in [7, 11) is 0. The number of hydrogen-bond acceptors (Lipinski definition) is 6. The zero-order valence-corrected chi connectivity index (χ0v) is 13.4. The number of amides is 2. The lowest BCUT2D eigenvalue weighted by molar-refractivity contribution is 0.0526. The van der Waals surface area contributed by atoms with Crippen LogP contribution in [0.15, 0.2) is 12.1 Å². The van der Waals surface area contributed by atoms with Crippen LogP contribution in [0.25, 0.3) is 0 Å². The molecule has 0 saturated carbocycles. The Morgan fingerprint density at radius 3 is 2.43 bits per heavy atom. The lowest BCUT2D eigenvalue weighted by atomic mass is 10.1. The van der Waals surface area contributed by atoms with Crippen molar-refractivity contribution in [3.8, 4) is 11.5 Å². The fraction of sp³-hybridized carbons (Fsp3) is 0.467. The third-order valence-corrected chi connectivity index (χ3v) is 2.87. The van der Waals surface area contributed by atoms with Crippen LogP contribution in [0.4, 0.5) is 10.5 Å². The molecule has 1 aromatic rings. The second-order valence-electron chi connectivity index (χ2n) is 5.98. The summed E-state index contributed by atoms with van der Waals surface area (Å²) in [6.45, 7) is 5.92. The van der Waals surface area contributed by atoms with Crippen LogP contribution < -0.4 is 25.8 Å². The zero-order chi connectivity index (χ0) is 17.0. The number of rotatable bonds is 4. The molecule has 8 heteroatoms. The van der Waals surface area contributed by atoms with Crippen molar-refractivity contribution in [3.05, 3.63) is 17.7 Å². The molecule has 0 unspecified atom stereocenters. The Morgan fingerprint density at radius 1 is 1.17 bits per heavy atom. The minimum atomic E-state index is -0.561. The van der Waals surface area contributed by atoms with Crippen LogP contribution in [0.3, 0.4) is 0 Å². The number of anilines is 1. The fourth-order valence-electron chi connectivity index (χ4n) is 1.90. The molecule has 0 saturated heterocycles. The average Bonchev–Trinajstić information content (AvgIpc) is 2.87. The van der Waals surface area contributed by atoms with Gasteiger partial charge in [0.2, 0.25) is 6.79 Å². The number of nitrogens with one attached hydrogen (secondary N) is 2. The van der Waals surface area contributed by atoms with E-state index in [4.69, 9.17) is 19.9 Å². The van der Waals surface area contributed by atoms with E-state index in [2.05, 4.69) is 10.6 Å². The van der Waals surface area contributed by atoms with Crippen molar-refractivity contribution in [1.29, 1.82) is 0 Å². The molecule has 126 valence electrons. The summed E-state index contributed by atoms with van der Waals surface area (Å²) >= 11 is 0. The smallest absolute Gasteiger partial charge is 0.407 e. The van der Waals surface area contributed by atoms with Gasteiger partial charge in [-0.2, -0.15) is 0 Å². The molecule has 0 aromatic heterocycles. The molecule has 2 rings (SSSR count). The van der Waals surface area contributed by atoms with E-state index in [1.165, 1.54) is 6.07 Å². The predicted molar refractivity (Wildman–Crippen MR) is 83.5 cm³/mol. The van der Waals surface area contributed by atoms with E-state index in [0.29, 0.717) is 22.7 Å². The molecule has 4 N–H and O–H groups in total. The van der Waals surface area contributed by atoms with Gasteiger partial charge >= 0.3 is 6.09 Å². The molecule has 0 atom stereocenters.